The van der Waals surface area contributed by atoms with E-state index in [1.165, 1.54) is 38.9 Å². The summed E-state index contributed by atoms with van der Waals surface area (Å²) in [5.41, 5.74) is 9.04. The summed E-state index contributed by atoms with van der Waals surface area (Å²) in [4.78, 5) is 6.25. The fourth-order valence-electron chi connectivity index (χ4n) is 5.48. The Balaban J connectivity index is 0.000000892. The van der Waals surface area contributed by atoms with Gasteiger partial charge in [-0.15, -0.1) is 12.3 Å². The van der Waals surface area contributed by atoms with E-state index in [-0.39, 0.29) is 0 Å². The Bertz CT molecular complexity index is 1450. The lowest BCUT2D eigenvalue weighted by atomic mass is 9.85. The van der Waals surface area contributed by atoms with Gasteiger partial charge in [-0.2, -0.15) is 0 Å². The van der Waals surface area contributed by atoms with Crippen molar-refractivity contribution in [3.63, 3.8) is 0 Å². The predicted molar refractivity (Wildman–Crippen MR) is 148 cm³/mol. The van der Waals surface area contributed by atoms with Crippen molar-refractivity contribution in [3.05, 3.63) is 88.1 Å². The SMILES string of the molecule is C#CC.COc1ccc2[nH]c3c(c2c1)CC1c2cc(OCc4ccc(C)cc4)c(OC)cc2CCN1C3. The number of hydrogen-bond donors (Lipinski definition) is 1. The number of ether oxygens (including phenoxy) is 3. The van der Waals surface area contributed by atoms with E-state index in [0.717, 1.165) is 48.7 Å². The van der Waals surface area contributed by atoms with Crippen LogP contribution in [0.2, 0.25) is 0 Å². The van der Waals surface area contributed by atoms with Gasteiger partial charge in [0.15, 0.2) is 11.5 Å². The number of methoxy groups -OCH3 is 2. The molecule has 0 saturated heterocycles. The van der Waals surface area contributed by atoms with Crippen molar-refractivity contribution >= 4 is 10.9 Å². The highest BCUT2D eigenvalue weighted by atomic mass is 16.5. The lowest BCUT2D eigenvalue weighted by Gasteiger charge is -2.40. The number of H-pyrrole nitrogens is 1. The summed E-state index contributed by atoms with van der Waals surface area (Å²) in [5, 5.41) is 1.27. The lowest BCUT2D eigenvalue weighted by molar-refractivity contribution is 0.158. The number of nitrogens with one attached hydrogen (secondary N) is 1. The molecule has 0 spiro atoms. The molecule has 1 N–H and O–H groups in total. The Labute approximate surface area is 219 Å². The normalized spacial score (nSPS) is 15.9. The predicted octanol–water partition coefficient (Wildman–Crippen LogP) is 6.37. The number of nitrogens with zero attached hydrogens (tertiary/aromatic N) is 1. The maximum Gasteiger partial charge on any atom is 0.162 e. The van der Waals surface area contributed by atoms with E-state index in [1.807, 2.05) is 6.07 Å². The second-order valence-corrected chi connectivity index (χ2v) is 9.70. The van der Waals surface area contributed by atoms with Crippen molar-refractivity contribution in [2.24, 2.45) is 0 Å². The minimum absolute atomic E-state index is 0.328. The monoisotopic (exact) mass is 494 g/mol. The van der Waals surface area contributed by atoms with Gasteiger partial charge in [0, 0.05) is 35.7 Å². The molecular weight excluding hydrogens is 460 g/mol. The number of terminal acetylenes is 1. The quantitative estimate of drug-likeness (QED) is 0.328. The van der Waals surface area contributed by atoms with E-state index >= 15 is 0 Å². The van der Waals surface area contributed by atoms with Crippen molar-refractivity contribution in [2.45, 2.75) is 45.9 Å². The van der Waals surface area contributed by atoms with E-state index in [2.05, 4.69) is 77.7 Å². The second kappa shape index (κ2) is 10.6. The summed E-state index contributed by atoms with van der Waals surface area (Å²) in [6.45, 7) is 6.25. The average molecular weight is 495 g/mol. The molecule has 5 nitrogen and oxygen atoms in total. The first-order chi connectivity index (χ1) is 18.0. The molecule has 0 aliphatic carbocycles. The minimum Gasteiger partial charge on any atom is -0.497 e. The summed E-state index contributed by atoms with van der Waals surface area (Å²) in [6.07, 6.45) is 6.59. The van der Waals surface area contributed by atoms with Crippen LogP contribution in [0.15, 0.2) is 54.6 Å². The number of aromatic amines is 1. The molecule has 0 fully saturated rings. The van der Waals surface area contributed by atoms with Crippen LogP contribution in [-0.2, 0) is 26.0 Å². The van der Waals surface area contributed by atoms with Gasteiger partial charge in [0.25, 0.3) is 0 Å². The van der Waals surface area contributed by atoms with Gasteiger partial charge >= 0.3 is 0 Å². The van der Waals surface area contributed by atoms with E-state index in [1.54, 1.807) is 21.1 Å². The standard InChI is InChI=1S/C29H30N2O3.C3H4/c1-18-4-6-19(7-5-18)17-34-29-15-22-20(12-28(29)33-3)10-11-31-16-26-24(14-27(22)31)23-13-21(32-2)8-9-25(23)30-26;1-3-2/h4-9,12-13,15,27,30H,10-11,14,16-17H2,1-3H3;1H,2H3. The molecule has 37 heavy (non-hydrogen) atoms. The lowest BCUT2D eigenvalue weighted by Crippen LogP contribution is -2.39. The Morgan fingerprint density at radius 1 is 1.03 bits per heavy atom. The summed E-state index contributed by atoms with van der Waals surface area (Å²) < 4.78 is 17.5. The van der Waals surface area contributed by atoms with Crippen LogP contribution in [0, 0.1) is 19.3 Å². The molecule has 0 bridgehead atoms. The van der Waals surface area contributed by atoms with Crippen LogP contribution in [0.25, 0.3) is 10.9 Å². The third-order valence-electron chi connectivity index (χ3n) is 7.37. The molecule has 3 heterocycles. The van der Waals surface area contributed by atoms with Crippen LogP contribution in [-0.4, -0.2) is 30.6 Å². The Morgan fingerprint density at radius 2 is 1.81 bits per heavy atom. The maximum atomic E-state index is 6.29. The molecule has 190 valence electrons. The smallest absolute Gasteiger partial charge is 0.162 e. The van der Waals surface area contributed by atoms with Gasteiger partial charge in [-0.1, -0.05) is 29.8 Å². The van der Waals surface area contributed by atoms with Crippen LogP contribution < -0.4 is 14.2 Å². The van der Waals surface area contributed by atoms with Crippen molar-refractivity contribution in [2.75, 3.05) is 20.8 Å². The first-order valence-electron chi connectivity index (χ1n) is 12.7. The molecule has 3 aromatic carbocycles. The molecule has 1 atom stereocenters. The van der Waals surface area contributed by atoms with Crippen molar-refractivity contribution in [1.82, 2.24) is 9.88 Å². The topological polar surface area (TPSA) is 46.7 Å². The number of aryl methyl sites for hydroxylation is 1. The number of fused-ring (bicyclic) bond motifs is 6. The van der Waals surface area contributed by atoms with Gasteiger partial charge in [-0.3, -0.25) is 4.90 Å². The first kappa shape index (κ1) is 24.8. The summed E-state index contributed by atoms with van der Waals surface area (Å²) in [7, 11) is 3.45. The highest BCUT2D eigenvalue weighted by molar-refractivity contribution is 5.86. The molecule has 6 rings (SSSR count). The van der Waals surface area contributed by atoms with E-state index in [4.69, 9.17) is 14.2 Å². The van der Waals surface area contributed by atoms with Crippen LogP contribution >= 0.6 is 0 Å². The second-order valence-electron chi connectivity index (χ2n) is 9.70. The van der Waals surface area contributed by atoms with Crippen LogP contribution in [0.5, 0.6) is 17.2 Å². The third kappa shape index (κ3) is 4.90. The van der Waals surface area contributed by atoms with Gasteiger partial charge in [0.1, 0.15) is 12.4 Å². The van der Waals surface area contributed by atoms with Gasteiger partial charge in [-0.25, -0.2) is 0 Å². The Kier molecular flexibility index (Phi) is 7.12. The molecule has 2 aliphatic rings. The molecular formula is C32H34N2O3. The highest BCUT2D eigenvalue weighted by Crippen LogP contribution is 2.44. The van der Waals surface area contributed by atoms with Crippen molar-refractivity contribution in [1.29, 1.82) is 0 Å². The zero-order chi connectivity index (χ0) is 25.9. The van der Waals surface area contributed by atoms with Crippen molar-refractivity contribution < 1.29 is 14.2 Å². The largest absolute Gasteiger partial charge is 0.497 e. The molecule has 0 radical (unpaired) electrons. The van der Waals surface area contributed by atoms with Gasteiger partial charge in [0.05, 0.1) is 14.2 Å². The molecule has 2 aliphatic heterocycles. The van der Waals surface area contributed by atoms with Crippen LogP contribution in [0.4, 0.5) is 0 Å². The van der Waals surface area contributed by atoms with Gasteiger partial charge in [-0.05, 0) is 79.3 Å². The molecule has 4 aromatic rings. The fourth-order valence-corrected chi connectivity index (χ4v) is 5.48. The first-order valence-corrected chi connectivity index (χ1v) is 12.7. The van der Waals surface area contributed by atoms with Gasteiger partial charge in [0.2, 0.25) is 0 Å². The fraction of sp³-hybridized carbons (Fsp3) is 0.312. The summed E-state index contributed by atoms with van der Waals surface area (Å²) in [5.74, 6) is 4.78. The van der Waals surface area contributed by atoms with E-state index < -0.39 is 0 Å². The number of benzene rings is 3. The maximum absolute atomic E-state index is 6.29. The molecule has 1 unspecified atom stereocenters. The zero-order valence-electron chi connectivity index (χ0n) is 22.1. The number of hydrogen-bond acceptors (Lipinski definition) is 4. The number of rotatable bonds is 5. The van der Waals surface area contributed by atoms with Crippen LogP contribution in [0.1, 0.15) is 46.5 Å². The van der Waals surface area contributed by atoms with Gasteiger partial charge < -0.3 is 19.2 Å². The third-order valence-corrected chi connectivity index (χ3v) is 7.37. The Morgan fingerprint density at radius 3 is 2.54 bits per heavy atom. The molecule has 1 aromatic heterocycles. The van der Waals surface area contributed by atoms with E-state index in [9.17, 15) is 0 Å². The minimum atomic E-state index is 0.328. The molecule has 5 heteroatoms. The molecule has 0 amide bonds. The zero-order valence-corrected chi connectivity index (χ0v) is 22.1. The van der Waals surface area contributed by atoms with Crippen molar-refractivity contribution in [3.8, 4) is 29.6 Å². The summed E-state index contributed by atoms with van der Waals surface area (Å²) >= 11 is 0. The highest BCUT2D eigenvalue weighted by Gasteiger charge is 2.34. The number of aromatic nitrogens is 1. The average Bonchev–Trinajstić information content (AvgIpc) is 3.28. The van der Waals surface area contributed by atoms with Crippen LogP contribution in [0.3, 0.4) is 0 Å². The van der Waals surface area contributed by atoms with E-state index in [0.29, 0.717) is 12.6 Å². The molecule has 0 saturated carbocycles. The Hall–Kier alpha value is -3.88. The summed E-state index contributed by atoms with van der Waals surface area (Å²) in [6, 6.07) is 19.5.